The number of benzene rings is 1. The molecule has 0 bridgehead atoms. The van der Waals surface area contributed by atoms with Crippen LogP contribution in [-0.2, 0) is 4.79 Å². The molecule has 6 nitrogen and oxygen atoms in total. The van der Waals surface area contributed by atoms with Crippen LogP contribution in [0.15, 0.2) is 12.1 Å². The summed E-state index contributed by atoms with van der Waals surface area (Å²) in [5.41, 5.74) is 0.696. The molecule has 0 aliphatic carbocycles. The van der Waals surface area contributed by atoms with Gasteiger partial charge in [0.1, 0.15) is 0 Å². The first-order valence-corrected chi connectivity index (χ1v) is 8.67. The number of nitrogens with one attached hydrogen (secondary N) is 1. The number of hydrogen-bond donors (Lipinski definition) is 1. The van der Waals surface area contributed by atoms with E-state index in [2.05, 4.69) is 19.2 Å². The van der Waals surface area contributed by atoms with Crippen LogP contribution < -0.4 is 24.3 Å². The lowest BCUT2D eigenvalue weighted by Gasteiger charge is -2.16. The summed E-state index contributed by atoms with van der Waals surface area (Å²) in [6.45, 7) is 4.38. The van der Waals surface area contributed by atoms with Crippen molar-refractivity contribution in [1.82, 2.24) is 5.32 Å². The van der Waals surface area contributed by atoms with E-state index in [4.69, 9.17) is 18.9 Å². The second-order valence-corrected chi connectivity index (χ2v) is 5.88. The number of rotatable bonds is 9. The smallest absolute Gasteiger partial charge is 0.244 e. The van der Waals surface area contributed by atoms with Crippen molar-refractivity contribution in [1.29, 1.82) is 0 Å². The number of fused-ring (bicyclic) bond motifs is 1. The van der Waals surface area contributed by atoms with Gasteiger partial charge in [0.05, 0.1) is 14.2 Å². The Balaban J connectivity index is 2.18. The summed E-state index contributed by atoms with van der Waals surface area (Å²) in [6, 6.07) is 1.99. The highest BCUT2D eigenvalue weighted by molar-refractivity contribution is 5.92. The molecule has 0 unspecified atom stereocenters. The fraction of sp³-hybridized carbons (Fsp3) is 0.526. The third kappa shape index (κ3) is 4.59. The molecule has 1 aliphatic rings. The van der Waals surface area contributed by atoms with Gasteiger partial charge in [0.25, 0.3) is 0 Å². The third-order valence-electron chi connectivity index (χ3n) is 4.05. The van der Waals surface area contributed by atoms with Crippen LogP contribution in [0.3, 0.4) is 0 Å². The van der Waals surface area contributed by atoms with Crippen LogP contribution >= 0.6 is 0 Å². The first kappa shape index (κ1) is 19.0. The minimum absolute atomic E-state index is 0.120. The first-order valence-electron chi connectivity index (χ1n) is 8.67. The van der Waals surface area contributed by atoms with Crippen molar-refractivity contribution in [2.24, 2.45) is 0 Å². The average molecular weight is 349 g/mol. The molecule has 0 radical (unpaired) electrons. The molecule has 1 aliphatic heterocycles. The monoisotopic (exact) mass is 349 g/mol. The van der Waals surface area contributed by atoms with E-state index in [1.165, 1.54) is 6.08 Å². The van der Waals surface area contributed by atoms with Crippen LogP contribution in [0.25, 0.3) is 6.08 Å². The van der Waals surface area contributed by atoms with Crippen LogP contribution in [-0.4, -0.2) is 33.0 Å². The first-order chi connectivity index (χ1) is 12.1. The van der Waals surface area contributed by atoms with Crippen molar-refractivity contribution in [3.8, 4) is 23.0 Å². The fourth-order valence-electron chi connectivity index (χ4n) is 2.93. The van der Waals surface area contributed by atoms with E-state index in [0.29, 0.717) is 28.6 Å². The lowest BCUT2D eigenvalue weighted by atomic mass is 10.1. The van der Waals surface area contributed by atoms with E-state index in [1.807, 2.05) is 0 Å². The second-order valence-electron chi connectivity index (χ2n) is 5.88. The van der Waals surface area contributed by atoms with E-state index in [9.17, 15) is 4.79 Å². The Morgan fingerprint density at radius 1 is 1.20 bits per heavy atom. The highest BCUT2D eigenvalue weighted by Gasteiger charge is 2.25. The number of amides is 1. The summed E-state index contributed by atoms with van der Waals surface area (Å²) >= 11 is 0. The molecule has 6 heteroatoms. The van der Waals surface area contributed by atoms with Gasteiger partial charge in [-0.2, -0.15) is 0 Å². The highest BCUT2D eigenvalue weighted by Crippen LogP contribution is 2.49. The van der Waals surface area contributed by atoms with Crippen molar-refractivity contribution in [3.05, 3.63) is 17.7 Å². The average Bonchev–Trinajstić information content (AvgIpc) is 3.07. The Hall–Kier alpha value is -2.37. The molecule has 1 aromatic carbocycles. The number of carbonyl (C=O) groups is 1. The fourth-order valence-corrected chi connectivity index (χ4v) is 2.93. The Morgan fingerprint density at radius 2 is 1.88 bits per heavy atom. The quantitative estimate of drug-likeness (QED) is 0.691. The van der Waals surface area contributed by atoms with E-state index in [1.54, 1.807) is 26.4 Å². The Bertz CT molecular complexity index is 621. The summed E-state index contributed by atoms with van der Waals surface area (Å²) < 4.78 is 21.7. The second kappa shape index (κ2) is 9.20. The van der Waals surface area contributed by atoms with Crippen LogP contribution in [0.5, 0.6) is 23.0 Å². The van der Waals surface area contributed by atoms with E-state index >= 15 is 0 Å². The maximum absolute atomic E-state index is 12.2. The zero-order chi connectivity index (χ0) is 18.2. The third-order valence-corrected chi connectivity index (χ3v) is 4.05. The summed E-state index contributed by atoms with van der Waals surface area (Å²) in [4.78, 5) is 12.2. The van der Waals surface area contributed by atoms with Crippen LogP contribution in [0.2, 0.25) is 0 Å². The Morgan fingerprint density at radius 3 is 2.48 bits per heavy atom. The topological polar surface area (TPSA) is 66.0 Å². The van der Waals surface area contributed by atoms with Crippen LogP contribution in [0.4, 0.5) is 0 Å². The van der Waals surface area contributed by atoms with Gasteiger partial charge in [0.15, 0.2) is 11.5 Å². The van der Waals surface area contributed by atoms with Gasteiger partial charge in [-0.25, -0.2) is 0 Å². The zero-order valence-electron chi connectivity index (χ0n) is 15.4. The van der Waals surface area contributed by atoms with Gasteiger partial charge in [0.2, 0.25) is 24.2 Å². The summed E-state index contributed by atoms with van der Waals surface area (Å²) in [5, 5.41) is 3.05. The summed E-state index contributed by atoms with van der Waals surface area (Å²) in [7, 11) is 3.09. The van der Waals surface area contributed by atoms with Gasteiger partial charge in [-0.3, -0.25) is 4.79 Å². The summed E-state index contributed by atoms with van der Waals surface area (Å²) in [6.07, 6.45) is 7.26. The highest BCUT2D eigenvalue weighted by atomic mass is 16.7. The molecular formula is C19H27NO5. The predicted molar refractivity (Wildman–Crippen MR) is 96.4 cm³/mol. The zero-order valence-corrected chi connectivity index (χ0v) is 15.4. The molecule has 0 aromatic heterocycles. The molecule has 0 saturated carbocycles. The Labute approximate surface area is 149 Å². The Kier molecular flexibility index (Phi) is 6.98. The minimum Gasteiger partial charge on any atom is -0.492 e. The maximum atomic E-state index is 12.2. The molecule has 0 saturated heterocycles. The summed E-state index contributed by atoms with van der Waals surface area (Å²) in [5.74, 6) is 1.95. The molecule has 1 heterocycles. The standard InChI is InChI=1S/C19H27NO5/c1-5-7-14(8-6-2)20-16(21)10-9-13-11-15-18(25-12-24-15)19(23-4)17(13)22-3/h9-11,14H,5-8,12H2,1-4H3,(H,20,21)/b10-9+. The van der Waals surface area contributed by atoms with Gasteiger partial charge in [-0.1, -0.05) is 26.7 Å². The normalized spacial score (nSPS) is 12.7. The van der Waals surface area contributed by atoms with Gasteiger partial charge in [-0.05, 0) is 25.0 Å². The van der Waals surface area contributed by atoms with Crippen molar-refractivity contribution >= 4 is 12.0 Å². The van der Waals surface area contributed by atoms with Crippen molar-refractivity contribution in [2.45, 2.75) is 45.6 Å². The molecule has 25 heavy (non-hydrogen) atoms. The van der Waals surface area contributed by atoms with Gasteiger partial charge in [0, 0.05) is 17.7 Å². The molecular weight excluding hydrogens is 322 g/mol. The van der Waals surface area contributed by atoms with E-state index in [-0.39, 0.29) is 18.7 Å². The van der Waals surface area contributed by atoms with Crippen molar-refractivity contribution in [3.63, 3.8) is 0 Å². The van der Waals surface area contributed by atoms with Gasteiger partial charge >= 0.3 is 0 Å². The molecule has 0 spiro atoms. The van der Waals surface area contributed by atoms with Gasteiger partial charge in [-0.15, -0.1) is 0 Å². The number of methoxy groups -OCH3 is 2. The number of hydrogen-bond acceptors (Lipinski definition) is 5. The van der Waals surface area contributed by atoms with Crippen LogP contribution in [0.1, 0.15) is 45.1 Å². The van der Waals surface area contributed by atoms with Gasteiger partial charge < -0.3 is 24.3 Å². The van der Waals surface area contributed by atoms with Crippen molar-refractivity contribution < 1.29 is 23.7 Å². The molecule has 1 amide bonds. The minimum atomic E-state index is -0.120. The number of ether oxygens (including phenoxy) is 4. The number of carbonyl (C=O) groups excluding carboxylic acids is 1. The van der Waals surface area contributed by atoms with Crippen LogP contribution in [0, 0.1) is 0 Å². The maximum Gasteiger partial charge on any atom is 0.244 e. The van der Waals surface area contributed by atoms with E-state index in [0.717, 1.165) is 25.7 Å². The van der Waals surface area contributed by atoms with Crippen molar-refractivity contribution in [2.75, 3.05) is 21.0 Å². The molecule has 138 valence electrons. The lowest BCUT2D eigenvalue weighted by molar-refractivity contribution is -0.117. The lowest BCUT2D eigenvalue weighted by Crippen LogP contribution is -2.33. The predicted octanol–water partition coefficient (Wildman–Crippen LogP) is 3.53. The molecule has 2 rings (SSSR count). The molecule has 0 fully saturated rings. The molecule has 0 atom stereocenters. The SMILES string of the molecule is CCCC(CCC)NC(=O)/C=C/c1cc2c(c(OC)c1OC)OCO2. The molecule has 1 aromatic rings. The largest absolute Gasteiger partial charge is 0.492 e. The molecule has 1 N–H and O–H groups in total. The van der Waals surface area contributed by atoms with E-state index < -0.39 is 0 Å².